The Morgan fingerprint density at radius 2 is 2.23 bits per heavy atom. The number of rotatable bonds is 5. The van der Waals surface area contributed by atoms with Crippen LogP contribution < -0.4 is 14.8 Å². The third-order valence-corrected chi connectivity index (χ3v) is 4.73. The molecule has 0 saturated carbocycles. The van der Waals surface area contributed by atoms with Crippen LogP contribution in [0.3, 0.4) is 0 Å². The average Bonchev–Trinajstić information content (AvgIpc) is 3.11. The molecule has 1 aromatic carbocycles. The van der Waals surface area contributed by atoms with Gasteiger partial charge in [-0.15, -0.1) is 0 Å². The van der Waals surface area contributed by atoms with Crippen LogP contribution in [0.15, 0.2) is 18.2 Å². The molecule has 0 amide bonds. The highest BCUT2D eigenvalue weighted by Crippen LogP contribution is 2.39. The topological polar surface area (TPSA) is 33.7 Å². The number of hydrogen-bond acceptors (Lipinski definition) is 4. The number of alkyl halides is 2. The molecule has 2 saturated heterocycles. The number of methoxy groups -OCH3 is 1. The van der Waals surface area contributed by atoms with Crippen molar-refractivity contribution >= 4 is 0 Å². The van der Waals surface area contributed by atoms with Crippen molar-refractivity contribution in [3.8, 4) is 11.5 Å². The lowest BCUT2D eigenvalue weighted by molar-refractivity contribution is -0.0521. The molecule has 6 heteroatoms. The summed E-state index contributed by atoms with van der Waals surface area (Å²) < 4.78 is 35.2. The second-order valence-corrected chi connectivity index (χ2v) is 6.21. The summed E-state index contributed by atoms with van der Waals surface area (Å²) in [6.07, 6.45) is 2.36. The quantitative estimate of drug-likeness (QED) is 0.906. The lowest BCUT2D eigenvalue weighted by Crippen LogP contribution is -2.29. The Hall–Kier alpha value is -1.40. The van der Waals surface area contributed by atoms with E-state index in [1.54, 1.807) is 6.07 Å². The van der Waals surface area contributed by atoms with E-state index in [1.807, 2.05) is 12.1 Å². The van der Waals surface area contributed by atoms with Crippen molar-refractivity contribution < 1.29 is 18.3 Å². The summed E-state index contributed by atoms with van der Waals surface area (Å²) in [5.74, 6) is 0.514. The van der Waals surface area contributed by atoms with Crippen LogP contribution in [-0.4, -0.2) is 44.8 Å². The lowest BCUT2D eigenvalue weighted by Gasteiger charge is -2.23. The molecule has 1 aromatic rings. The van der Waals surface area contributed by atoms with Gasteiger partial charge in [0.05, 0.1) is 7.11 Å². The first kappa shape index (κ1) is 15.5. The van der Waals surface area contributed by atoms with Gasteiger partial charge in [-0.1, -0.05) is 12.1 Å². The predicted octanol–water partition coefficient (Wildman–Crippen LogP) is 2.48. The summed E-state index contributed by atoms with van der Waals surface area (Å²) in [5, 5.41) is 3.42. The van der Waals surface area contributed by atoms with Crippen LogP contribution in [0.1, 0.15) is 18.4 Å². The Labute approximate surface area is 129 Å². The smallest absolute Gasteiger partial charge is 0.387 e. The zero-order valence-corrected chi connectivity index (χ0v) is 12.8. The van der Waals surface area contributed by atoms with Gasteiger partial charge in [0.15, 0.2) is 11.5 Å². The molecule has 2 aliphatic heterocycles. The average molecular weight is 312 g/mol. The molecule has 1 spiro atoms. The Bertz CT molecular complexity index is 519. The fourth-order valence-corrected chi connectivity index (χ4v) is 3.62. The van der Waals surface area contributed by atoms with Gasteiger partial charge in [-0.25, -0.2) is 0 Å². The van der Waals surface area contributed by atoms with E-state index in [1.165, 1.54) is 13.5 Å². The van der Waals surface area contributed by atoms with Crippen molar-refractivity contribution in [2.24, 2.45) is 5.41 Å². The van der Waals surface area contributed by atoms with E-state index in [2.05, 4.69) is 10.2 Å². The molecule has 0 aromatic heterocycles. The van der Waals surface area contributed by atoms with E-state index in [0.717, 1.165) is 38.2 Å². The van der Waals surface area contributed by atoms with Crippen LogP contribution in [0.2, 0.25) is 0 Å². The van der Waals surface area contributed by atoms with Crippen LogP contribution in [0.4, 0.5) is 8.78 Å². The molecule has 0 radical (unpaired) electrons. The number of nitrogens with one attached hydrogen (secondary N) is 1. The highest BCUT2D eigenvalue weighted by molar-refractivity contribution is 5.46. The summed E-state index contributed by atoms with van der Waals surface area (Å²) in [6, 6.07) is 5.29. The Kier molecular flexibility index (Phi) is 4.49. The minimum atomic E-state index is -2.85. The molecule has 1 unspecified atom stereocenters. The van der Waals surface area contributed by atoms with E-state index in [0.29, 0.717) is 17.7 Å². The first-order valence-electron chi connectivity index (χ1n) is 7.66. The van der Waals surface area contributed by atoms with Crippen molar-refractivity contribution in [3.63, 3.8) is 0 Å². The Morgan fingerprint density at radius 3 is 2.91 bits per heavy atom. The van der Waals surface area contributed by atoms with Gasteiger partial charge < -0.3 is 14.8 Å². The van der Waals surface area contributed by atoms with E-state index in [-0.39, 0.29) is 5.75 Å². The number of hydrogen-bond donors (Lipinski definition) is 1. The molecule has 2 heterocycles. The highest BCUT2D eigenvalue weighted by atomic mass is 19.3. The molecule has 2 fully saturated rings. The minimum Gasteiger partial charge on any atom is -0.493 e. The Balaban J connectivity index is 1.74. The number of benzene rings is 1. The molecule has 122 valence electrons. The van der Waals surface area contributed by atoms with Crippen LogP contribution in [0, 0.1) is 5.41 Å². The summed E-state index contributed by atoms with van der Waals surface area (Å²) in [4.78, 5) is 2.32. The highest BCUT2D eigenvalue weighted by Gasteiger charge is 2.40. The maximum absolute atomic E-state index is 12.7. The first-order valence-corrected chi connectivity index (χ1v) is 7.66. The largest absolute Gasteiger partial charge is 0.493 e. The second-order valence-electron chi connectivity index (χ2n) is 6.21. The monoisotopic (exact) mass is 312 g/mol. The van der Waals surface area contributed by atoms with Crippen molar-refractivity contribution in [2.75, 3.05) is 33.3 Å². The molecule has 0 aliphatic carbocycles. The van der Waals surface area contributed by atoms with Gasteiger partial charge in [-0.3, -0.25) is 4.90 Å². The normalized spacial score (nSPS) is 25.3. The van der Waals surface area contributed by atoms with Gasteiger partial charge in [0.25, 0.3) is 0 Å². The van der Waals surface area contributed by atoms with Gasteiger partial charge >= 0.3 is 6.61 Å². The first-order chi connectivity index (χ1) is 10.6. The van der Waals surface area contributed by atoms with E-state index < -0.39 is 6.61 Å². The molecule has 2 aliphatic rings. The zero-order chi connectivity index (χ0) is 15.6. The van der Waals surface area contributed by atoms with Crippen LogP contribution >= 0.6 is 0 Å². The number of nitrogens with zero attached hydrogens (tertiary/aromatic N) is 1. The summed E-state index contributed by atoms with van der Waals surface area (Å²) in [5.41, 5.74) is 1.12. The molecule has 1 N–H and O–H groups in total. The number of halogens is 2. The van der Waals surface area contributed by atoms with Crippen molar-refractivity contribution in [1.29, 1.82) is 0 Å². The van der Waals surface area contributed by atoms with Crippen molar-refractivity contribution in [2.45, 2.75) is 26.0 Å². The molecular formula is C16H22F2N2O2. The van der Waals surface area contributed by atoms with Gasteiger partial charge in [0.2, 0.25) is 0 Å². The molecular weight excluding hydrogens is 290 g/mol. The number of para-hydroxylation sites is 1. The van der Waals surface area contributed by atoms with Gasteiger partial charge in [-0.05, 0) is 37.4 Å². The maximum atomic E-state index is 12.7. The molecule has 1 atom stereocenters. The summed E-state index contributed by atoms with van der Waals surface area (Å²) in [6.45, 7) is 1.90. The van der Waals surface area contributed by atoms with E-state index >= 15 is 0 Å². The Morgan fingerprint density at radius 1 is 1.36 bits per heavy atom. The second kappa shape index (κ2) is 6.38. The van der Waals surface area contributed by atoms with Crippen molar-refractivity contribution in [3.05, 3.63) is 23.8 Å². The van der Waals surface area contributed by atoms with Crippen LogP contribution in [-0.2, 0) is 6.54 Å². The molecule has 4 nitrogen and oxygen atoms in total. The fourth-order valence-electron chi connectivity index (χ4n) is 3.62. The SMILES string of the molecule is COc1cccc(CN2CCC3(CCNC3)C2)c1OC(F)F. The van der Waals surface area contributed by atoms with Crippen molar-refractivity contribution in [1.82, 2.24) is 10.2 Å². The number of ether oxygens (including phenoxy) is 2. The van der Waals surface area contributed by atoms with Gasteiger partial charge in [-0.2, -0.15) is 8.78 Å². The van der Waals surface area contributed by atoms with E-state index in [4.69, 9.17) is 9.47 Å². The third kappa shape index (κ3) is 3.17. The van der Waals surface area contributed by atoms with Gasteiger partial charge in [0.1, 0.15) is 0 Å². The molecule has 22 heavy (non-hydrogen) atoms. The minimum absolute atomic E-state index is 0.158. The van der Waals surface area contributed by atoms with Gasteiger partial charge in [0, 0.05) is 25.2 Å². The van der Waals surface area contributed by atoms with Crippen LogP contribution in [0.25, 0.3) is 0 Å². The lowest BCUT2D eigenvalue weighted by atomic mass is 9.86. The maximum Gasteiger partial charge on any atom is 0.387 e. The molecule has 3 rings (SSSR count). The van der Waals surface area contributed by atoms with E-state index in [9.17, 15) is 8.78 Å². The third-order valence-electron chi connectivity index (χ3n) is 4.73. The summed E-state index contributed by atoms with van der Waals surface area (Å²) in [7, 11) is 1.46. The van der Waals surface area contributed by atoms with Crippen LogP contribution in [0.5, 0.6) is 11.5 Å². The fraction of sp³-hybridized carbons (Fsp3) is 0.625. The summed E-state index contributed by atoms with van der Waals surface area (Å²) >= 11 is 0. The predicted molar refractivity (Wildman–Crippen MR) is 79.4 cm³/mol. The number of likely N-dealkylation sites (tertiary alicyclic amines) is 1. The zero-order valence-electron chi connectivity index (χ0n) is 12.8. The standard InChI is InChI=1S/C16H22F2N2O2/c1-21-13-4-2-3-12(14(13)22-15(17)18)9-20-8-6-16(11-20)5-7-19-10-16/h2-4,15,19H,5-11H2,1H3. The molecule has 0 bridgehead atoms.